The molecule has 1 aliphatic heterocycles. The summed E-state index contributed by atoms with van der Waals surface area (Å²) in [5, 5.41) is 13.5. The number of nitrogens with zero attached hydrogens (tertiary/aromatic N) is 2. The number of benzene rings is 1. The lowest BCUT2D eigenvalue weighted by Gasteiger charge is -2.22. The highest BCUT2D eigenvalue weighted by molar-refractivity contribution is 5.89. The van der Waals surface area contributed by atoms with Crippen LogP contribution in [0.2, 0.25) is 0 Å². The lowest BCUT2D eigenvalue weighted by Crippen LogP contribution is -2.33. The van der Waals surface area contributed by atoms with Crippen molar-refractivity contribution in [2.45, 2.75) is 38.1 Å². The standard InChI is InChI=1S/C20H29N3O2/c1-22-14-16(18-8-2-3-9-19(18)22)13-20(25)21-10-4-5-11-23-12-6-7-17(23)15-24/h2-3,8-9,14,17,24H,4-7,10-13,15H2,1H3,(H,21,25). The van der Waals surface area contributed by atoms with Crippen molar-refractivity contribution in [3.8, 4) is 0 Å². The number of para-hydroxylation sites is 1. The lowest BCUT2D eigenvalue weighted by atomic mass is 10.1. The second kappa shape index (κ2) is 8.50. The maximum absolute atomic E-state index is 12.2. The first-order chi connectivity index (χ1) is 12.2. The summed E-state index contributed by atoms with van der Waals surface area (Å²) in [5.41, 5.74) is 2.24. The van der Waals surface area contributed by atoms with E-state index in [2.05, 4.69) is 26.9 Å². The van der Waals surface area contributed by atoms with E-state index in [4.69, 9.17) is 0 Å². The summed E-state index contributed by atoms with van der Waals surface area (Å²) >= 11 is 0. The molecule has 136 valence electrons. The van der Waals surface area contributed by atoms with Gasteiger partial charge in [-0.25, -0.2) is 0 Å². The number of likely N-dealkylation sites (tertiary alicyclic amines) is 1. The van der Waals surface area contributed by atoms with Gasteiger partial charge in [-0.3, -0.25) is 9.69 Å². The fourth-order valence-electron chi connectivity index (χ4n) is 3.87. The first-order valence-electron chi connectivity index (χ1n) is 9.33. The van der Waals surface area contributed by atoms with Gasteiger partial charge in [0.1, 0.15) is 0 Å². The number of rotatable bonds is 8. The number of aryl methyl sites for hydroxylation is 1. The summed E-state index contributed by atoms with van der Waals surface area (Å²) in [6, 6.07) is 8.54. The van der Waals surface area contributed by atoms with Crippen molar-refractivity contribution in [2.24, 2.45) is 7.05 Å². The molecule has 2 aromatic rings. The SMILES string of the molecule is Cn1cc(CC(=O)NCCCCN2CCCC2CO)c2ccccc21. The monoisotopic (exact) mass is 343 g/mol. The molecule has 1 aromatic carbocycles. The minimum Gasteiger partial charge on any atom is -0.395 e. The Morgan fingerprint density at radius 3 is 3.00 bits per heavy atom. The summed E-state index contributed by atoms with van der Waals surface area (Å²) in [6.07, 6.45) is 6.82. The third-order valence-electron chi connectivity index (χ3n) is 5.23. The van der Waals surface area contributed by atoms with Gasteiger partial charge in [-0.1, -0.05) is 18.2 Å². The van der Waals surface area contributed by atoms with Crippen molar-refractivity contribution in [1.82, 2.24) is 14.8 Å². The molecule has 1 fully saturated rings. The van der Waals surface area contributed by atoms with Crippen molar-refractivity contribution in [2.75, 3.05) is 26.2 Å². The molecule has 1 aromatic heterocycles. The number of aliphatic hydroxyl groups is 1. The molecule has 25 heavy (non-hydrogen) atoms. The van der Waals surface area contributed by atoms with E-state index in [1.807, 2.05) is 25.4 Å². The van der Waals surface area contributed by atoms with E-state index >= 15 is 0 Å². The maximum Gasteiger partial charge on any atom is 0.224 e. The molecule has 0 spiro atoms. The van der Waals surface area contributed by atoms with E-state index in [0.29, 0.717) is 12.5 Å². The number of fused-ring (bicyclic) bond motifs is 1. The predicted octanol–water partition coefficient (Wildman–Crippen LogP) is 2.07. The normalized spacial score (nSPS) is 18.1. The van der Waals surface area contributed by atoms with Gasteiger partial charge in [0.05, 0.1) is 13.0 Å². The van der Waals surface area contributed by atoms with Crippen LogP contribution in [0, 0.1) is 0 Å². The lowest BCUT2D eigenvalue weighted by molar-refractivity contribution is -0.120. The molecule has 5 nitrogen and oxygen atoms in total. The molecule has 2 heterocycles. The van der Waals surface area contributed by atoms with Gasteiger partial charge in [-0.15, -0.1) is 0 Å². The average Bonchev–Trinajstić information content (AvgIpc) is 3.20. The third-order valence-corrected chi connectivity index (χ3v) is 5.23. The smallest absolute Gasteiger partial charge is 0.224 e. The van der Waals surface area contributed by atoms with E-state index in [9.17, 15) is 9.90 Å². The van der Waals surface area contributed by atoms with E-state index in [0.717, 1.165) is 55.4 Å². The Hall–Kier alpha value is -1.85. The molecule has 3 rings (SSSR count). The third kappa shape index (κ3) is 4.41. The highest BCUT2D eigenvalue weighted by atomic mass is 16.3. The highest BCUT2D eigenvalue weighted by Crippen LogP contribution is 2.20. The second-order valence-corrected chi connectivity index (χ2v) is 7.03. The van der Waals surface area contributed by atoms with Gasteiger partial charge in [0.2, 0.25) is 5.91 Å². The van der Waals surface area contributed by atoms with E-state index < -0.39 is 0 Å². The summed E-state index contributed by atoms with van der Waals surface area (Å²) in [6.45, 7) is 3.10. The van der Waals surface area contributed by atoms with Crippen LogP contribution < -0.4 is 5.32 Å². The Morgan fingerprint density at radius 1 is 1.32 bits per heavy atom. The van der Waals surface area contributed by atoms with Crippen LogP contribution in [0.1, 0.15) is 31.2 Å². The van der Waals surface area contributed by atoms with Crippen molar-refractivity contribution in [3.05, 3.63) is 36.0 Å². The molecule has 1 saturated heterocycles. The van der Waals surface area contributed by atoms with Crippen molar-refractivity contribution in [3.63, 3.8) is 0 Å². The van der Waals surface area contributed by atoms with Crippen LogP contribution >= 0.6 is 0 Å². The largest absolute Gasteiger partial charge is 0.395 e. The molecule has 0 radical (unpaired) electrons. The zero-order valence-electron chi connectivity index (χ0n) is 15.1. The number of nitrogens with one attached hydrogen (secondary N) is 1. The molecule has 5 heteroatoms. The number of aliphatic hydroxyl groups excluding tert-OH is 1. The van der Waals surface area contributed by atoms with E-state index in [-0.39, 0.29) is 12.5 Å². The first-order valence-corrected chi connectivity index (χ1v) is 9.33. The number of aromatic nitrogens is 1. The van der Waals surface area contributed by atoms with Gasteiger partial charge in [-0.05, 0) is 50.4 Å². The van der Waals surface area contributed by atoms with Gasteiger partial charge in [0, 0.05) is 36.7 Å². The minimum absolute atomic E-state index is 0.0887. The predicted molar refractivity (Wildman–Crippen MR) is 101 cm³/mol. The zero-order chi connectivity index (χ0) is 17.6. The second-order valence-electron chi connectivity index (χ2n) is 7.03. The van der Waals surface area contributed by atoms with Crippen LogP contribution in [0.25, 0.3) is 10.9 Å². The van der Waals surface area contributed by atoms with Gasteiger partial charge in [-0.2, -0.15) is 0 Å². The van der Waals surface area contributed by atoms with Crippen molar-refractivity contribution >= 4 is 16.8 Å². The Kier molecular flexibility index (Phi) is 6.10. The van der Waals surface area contributed by atoms with E-state index in [1.165, 1.54) is 6.42 Å². The van der Waals surface area contributed by atoms with Crippen molar-refractivity contribution in [1.29, 1.82) is 0 Å². The van der Waals surface area contributed by atoms with Crippen molar-refractivity contribution < 1.29 is 9.90 Å². The highest BCUT2D eigenvalue weighted by Gasteiger charge is 2.22. The van der Waals surface area contributed by atoms with Gasteiger partial charge < -0.3 is 15.0 Å². The van der Waals surface area contributed by atoms with Crippen LogP contribution in [0.5, 0.6) is 0 Å². The molecule has 0 bridgehead atoms. The molecule has 1 amide bonds. The van der Waals surface area contributed by atoms with Gasteiger partial charge >= 0.3 is 0 Å². The van der Waals surface area contributed by atoms with Gasteiger partial charge in [0.25, 0.3) is 0 Å². The van der Waals surface area contributed by atoms with Crippen LogP contribution in [0.15, 0.2) is 30.5 Å². The summed E-state index contributed by atoms with van der Waals surface area (Å²) < 4.78 is 2.07. The molecule has 1 aliphatic rings. The zero-order valence-corrected chi connectivity index (χ0v) is 15.1. The number of hydrogen-bond acceptors (Lipinski definition) is 3. The van der Waals surface area contributed by atoms with E-state index in [1.54, 1.807) is 0 Å². The fourth-order valence-corrected chi connectivity index (χ4v) is 3.87. The first kappa shape index (κ1) is 18.0. The van der Waals surface area contributed by atoms with Crippen LogP contribution in [0.3, 0.4) is 0 Å². The number of amides is 1. The molecular weight excluding hydrogens is 314 g/mol. The Labute approximate surface area is 149 Å². The fraction of sp³-hybridized carbons (Fsp3) is 0.550. The number of unbranched alkanes of at least 4 members (excludes halogenated alkanes) is 1. The number of hydrogen-bond donors (Lipinski definition) is 2. The summed E-state index contributed by atoms with van der Waals surface area (Å²) in [5.74, 6) is 0.0887. The molecule has 1 unspecified atom stereocenters. The number of carbonyl (C=O) groups is 1. The molecule has 2 N–H and O–H groups in total. The van der Waals surface area contributed by atoms with Gasteiger partial charge in [0.15, 0.2) is 0 Å². The quantitative estimate of drug-likeness (QED) is 0.722. The molecule has 1 atom stereocenters. The molecule has 0 saturated carbocycles. The van der Waals surface area contributed by atoms with Crippen LogP contribution in [-0.2, 0) is 18.3 Å². The average molecular weight is 343 g/mol. The minimum atomic E-state index is 0.0887. The molecular formula is C20H29N3O2. The number of carbonyl (C=O) groups excluding carboxylic acids is 1. The Bertz CT molecular complexity index is 710. The van der Waals surface area contributed by atoms with Crippen LogP contribution in [-0.4, -0.2) is 52.8 Å². The Balaban J connectivity index is 1.39. The maximum atomic E-state index is 12.2. The van der Waals surface area contributed by atoms with Crippen LogP contribution in [0.4, 0.5) is 0 Å². The topological polar surface area (TPSA) is 57.5 Å². The Morgan fingerprint density at radius 2 is 2.16 bits per heavy atom. The molecule has 0 aliphatic carbocycles. The summed E-state index contributed by atoms with van der Waals surface area (Å²) in [7, 11) is 2.02. The summed E-state index contributed by atoms with van der Waals surface area (Å²) in [4.78, 5) is 14.6.